The highest BCUT2D eigenvalue weighted by Crippen LogP contribution is 2.14. The van der Waals surface area contributed by atoms with Gasteiger partial charge in [-0.3, -0.25) is 14.0 Å². The summed E-state index contributed by atoms with van der Waals surface area (Å²) in [7, 11) is 0. The van der Waals surface area contributed by atoms with Crippen LogP contribution in [-0.4, -0.2) is 32.9 Å². The molecule has 0 fully saturated rings. The number of carbonyl (C=O) groups excluding carboxylic acids is 1. The average molecular weight is 309 g/mol. The van der Waals surface area contributed by atoms with Gasteiger partial charge in [0.2, 0.25) is 5.91 Å². The van der Waals surface area contributed by atoms with Gasteiger partial charge < -0.3 is 10.4 Å². The van der Waals surface area contributed by atoms with E-state index < -0.39 is 5.97 Å². The number of hydrogen-bond donors (Lipinski definition) is 2. The molecule has 2 aromatic rings. The molecule has 0 atom stereocenters. The Morgan fingerprint density at radius 3 is 2.90 bits per heavy atom. The monoisotopic (exact) mass is 309 g/mol. The first-order valence-electron chi connectivity index (χ1n) is 7.05. The van der Waals surface area contributed by atoms with Crippen LogP contribution in [0.2, 0.25) is 0 Å². The first-order valence-corrected chi connectivity index (χ1v) is 7.92. The summed E-state index contributed by atoms with van der Waals surface area (Å²) < 4.78 is 1.93. The Hall–Kier alpha value is -1.89. The summed E-state index contributed by atoms with van der Waals surface area (Å²) in [6, 6.07) is 0. The molecule has 0 saturated carbocycles. The first kappa shape index (κ1) is 15.5. The van der Waals surface area contributed by atoms with Crippen molar-refractivity contribution in [1.82, 2.24) is 14.7 Å². The number of unbranched alkanes of at least 4 members (excludes halogenated alkanes) is 3. The van der Waals surface area contributed by atoms with Gasteiger partial charge in [-0.15, -0.1) is 11.3 Å². The number of imidazole rings is 1. The normalized spacial score (nSPS) is 10.9. The predicted molar refractivity (Wildman–Crippen MR) is 80.5 cm³/mol. The topological polar surface area (TPSA) is 83.7 Å². The van der Waals surface area contributed by atoms with Gasteiger partial charge in [0.15, 0.2) is 4.96 Å². The van der Waals surface area contributed by atoms with E-state index in [9.17, 15) is 9.59 Å². The van der Waals surface area contributed by atoms with Gasteiger partial charge in [-0.05, 0) is 12.8 Å². The number of carbonyl (C=O) groups is 2. The number of nitrogens with one attached hydrogen (secondary N) is 1. The minimum absolute atomic E-state index is 0.00827. The van der Waals surface area contributed by atoms with Gasteiger partial charge >= 0.3 is 5.97 Å². The number of amides is 1. The second kappa shape index (κ2) is 7.78. The molecule has 0 unspecified atom stereocenters. The zero-order valence-corrected chi connectivity index (χ0v) is 12.6. The van der Waals surface area contributed by atoms with Gasteiger partial charge in [-0.25, -0.2) is 4.98 Å². The van der Waals surface area contributed by atoms with E-state index >= 15 is 0 Å². The van der Waals surface area contributed by atoms with Crippen LogP contribution >= 0.6 is 11.3 Å². The van der Waals surface area contributed by atoms with Crippen LogP contribution in [0.5, 0.6) is 0 Å². The van der Waals surface area contributed by atoms with E-state index in [0.717, 1.165) is 29.9 Å². The number of thiazole rings is 1. The number of rotatable bonds is 9. The van der Waals surface area contributed by atoms with Gasteiger partial charge in [0, 0.05) is 36.4 Å². The Bertz CT molecular complexity index is 605. The fraction of sp³-hybridized carbons (Fsp3) is 0.500. The predicted octanol–water partition coefficient (Wildman–Crippen LogP) is 2.09. The number of hydrogen-bond acceptors (Lipinski definition) is 4. The number of carboxylic acids is 1. The quantitative estimate of drug-likeness (QED) is 0.695. The summed E-state index contributed by atoms with van der Waals surface area (Å²) in [6.45, 7) is 0.642. The number of fused-ring (bicyclic) bond motifs is 1. The molecule has 7 heteroatoms. The molecule has 6 nitrogen and oxygen atoms in total. The average Bonchev–Trinajstić information content (AvgIpc) is 3.02. The van der Waals surface area contributed by atoms with Crippen LogP contribution in [0.15, 0.2) is 17.8 Å². The zero-order chi connectivity index (χ0) is 15.1. The van der Waals surface area contributed by atoms with Gasteiger partial charge in [0.25, 0.3) is 0 Å². The van der Waals surface area contributed by atoms with Gasteiger partial charge in [0.05, 0.1) is 6.42 Å². The van der Waals surface area contributed by atoms with Crippen molar-refractivity contribution in [3.8, 4) is 0 Å². The second-order valence-electron chi connectivity index (χ2n) is 4.89. The summed E-state index contributed by atoms with van der Waals surface area (Å²) >= 11 is 1.53. The molecular weight excluding hydrogens is 290 g/mol. The van der Waals surface area contributed by atoms with Gasteiger partial charge in [0.1, 0.15) is 0 Å². The molecule has 0 aliphatic carbocycles. The maximum atomic E-state index is 11.8. The van der Waals surface area contributed by atoms with E-state index in [2.05, 4.69) is 10.3 Å². The minimum Gasteiger partial charge on any atom is -0.481 e. The summed E-state index contributed by atoms with van der Waals surface area (Å²) in [5.74, 6) is -0.737. The lowest BCUT2D eigenvalue weighted by Crippen LogP contribution is -2.26. The minimum atomic E-state index is -0.745. The van der Waals surface area contributed by atoms with Crippen LogP contribution in [0, 0.1) is 0 Å². The van der Waals surface area contributed by atoms with Crippen molar-refractivity contribution in [2.45, 2.75) is 38.5 Å². The largest absolute Gasteiger partial charge is 0.481 e. The van der Waals surface area contributed by atoms with E-state index in [1.165, 1.54) is 11.3 Å². The van der Waals surface area contributed by atoms with Crippen LogP contribution in [-0.2, 0) is 16.0 Å². The highest BCUT2D eigenvalue weighted by Gasteiger charge is 2.08. The molecule has 2 rings (SSSR count). The molecule has 0 radical (unpaired) electrons. The Morgan fingerprint density at radius 1 is 1.29 bits per heavy atom. The van der Waals surface area contributed by atoms with Crippen molar-refractivity contribution < 1.29 is 14.7 Å². The Kier molecular flexibility index (Phi) is 5.74. The third-order valence-electron chi connectivity index (χ3n) is 3.20. The molecule has 114 valence electrons. The molecule has 0 aliphatic heterocycles. The van der Waals surface area contributed by atoms with Crippen LogP contribution in [0.25, 0.3) is 4.96 Å². The maximum Gasteiger partial charge on any atom is 0.303 e. The summed E-state index contributed by atoms with van der Waals surface area (Å²) in [6.07, 6.45) is 7.59. The van der Waals surface area contributed by atoms with E-state index in [1.54, 1.807) is 6.20 Å². The number of aromatic nitrogens is 2. The molecule has 1 amide bonds. The van der Waals surface area contributed by atoms with Gasteiger partial charge in [-0.1, -0.05) is 12.8 Å². The molecule has 0 bridgehead atoms. The van der Waals surface area contributed by atoms with E-state index in [-0.39, 0.29) is 12.3 Å². The van der Waals surface area contributed by atoms with Crippen molar-refractivity contribution >= 4 is 28.2 Å². The van der Waals surface area contributed by atoms with Crippen molar-refractivity contribution in [1.29, 1.82) is 0 Å². The Morgan fingerprint density at radius 2 is 2.10 bits per heavy atom. The lowest BCUT2D eigenvalue weighted by molar-refractivity contribution is -0.137. The molecule has 21 heavy (non-hydrogen) atoms. The van der Waals surface area contributed by atoms with Crippen LogP contribution < -0.4 is 5.32 Å². The third-order valence-corrected chi connectivity index (χ3v) is 4.10. The van der Waals surface area contributed by atoms with Crippen LogP contribution in [0.3, 0.4) is 0 Å². The summed E-state index contributed by atoms with van der Waals surface area (Å²) in [5.41, 5.74) is 0.950. The standard InChI is InChI=1S/C14H19N3O3S/c18-12(15-6-4-2-1-3-5-13(19)20)9-11-10-21-14-16-7-8-17(11)14/h7-8,10H,1-6,9H2,(H,15,18)(H,19,20). The van der Waals surface area contributed by atoms with Crippen LogP contribution in [0.4, 0.5) is 0 Å². The van der Waals surface area contributed by atoms with Crippen molar-refractivity contribution in [3.05, 3.63) is 23.5 Å². The molecule has 0 aliphatic rings. The fourth-order valence-electron chi connectivity index (χ4n) is 2.11. The molecule has 2 N–H and O–H groups in total. The zero-order valence-electron chi connectivity index (χ0n) is 11.7. The highest BCUT2D eigenvalue weighted by molar-refractivity contribution is 7.15. The van der Waals surface area contributed by atoms with E-state index in [4.69, 9.17) is 5.11 Å². The van der Waals surface area contributed by atoms with Crippen LogP contribution in [0.1, 0.15) is 37.8 Å². The number of carboxylic acid groups (broad SMARTS) is 1. The first-order chi connectivity index (χ1) is 10.2. The van der Waals surface area contributed by atoms with Gasteiger partial charge in [-0.2, -0.15) is 0 Å². The van der Waals surface area contributed by atoms with Crippen molar-refractivity contribution in [3.63, 3.8) is 0 Å². The maximum absolute atomic E-state index is 11.8. The Balaban J connectivity index is 1.60. The SMILES string of the molecule is O=C(O)CCCCCCNC(=O)Cc1csc2nccn12. The highest BCUT2D eigenvalue weighted by atomic mass is 32.1. The third kappa shape index (κ3) is 4.86. The molecule has 2 heterocycles. The molecule has 0 aromatic carbocycles. The molecular formula is C14H19N3O3S. The van der Waals surface area contributed by atoms with Crippen molar-refractivity contribution in [2.75, 3.05) is 6.54 Å². The lowest BCUT2D eigenvalue weighted by atomic mass is 10.1. The number of aliphatic carboxylic acids is 1. The summed E-state index contributed by atoms with van der Waals surface area (Å²) in [5, 5.41) is 13.4. The number of nitrogens with zero attached hydrogens (tertiary/aromatic N) is 2. The fourth-order valence-corrected chi connectivity index (χ4v) is 2.96. The smallest absolute Gasteiger partial charge is 0.303 e. The summed E-state index contributed by atoms with van der Waals surface area (Å²) in [4.78, 5) is 27.2. The molecule has 0 saturated heterocycles. The Labute approximate surface area is 126 Å². The second-order valence-corrected chi connectivity index (χ2v) is 5.73. The molecule has 0 spiro atoms. The van der Waals surface area contributed by atoms with Crippen molar-refractivity contribution in [2.24, 2.45) is 0 Å². The molecule has 2 aromatic heterocycles. The van der Waals surface area contributed by atoms with E-state index in [1.807, 2.05) is 16.0 Å². The lowest BCUT2D eigenvalue weighted by Gasteiger charge is -2.04. The van der Waals surface area contributed by atoms with E-state index in [0.29, 0.717) is 19.4 Å².